The van der Waals surface area contributed by atoms with Crippen LogP contribution in [0.3, 0.4) is 0 Å². The molecule has 1 aromatic carbocycles. The van der Waals surface area contributed by atoms with E-state index >= 15 is 0 Å². The first-order chi connectivity index (χ1) is 11.2. The molecule has 0 aliphatic carbocycles. The molecule has 1 atom stereocenters. The van der Waals surface area contributed by atoms with Gasteiger partial charge in [0.1, 0.15) is 19.0 Å². The highest BCUT2D eigenvalue weighted by Crippen LogP contribution is 2.22. The molecule has 1 aromatic heterocycles. The molecule has 0 unspecified atom stereocenters. The molecule has 6 nitrogen and oxygen atoms in total. The maximum atomic E-state index is 11.4. The summed E-state index contributed by atoms with van der Waals surface area (Å²) < 4.78 is 12.7. The fourth-order valence-electron chi connectivity index (χ4n) is 2.59. The SMILES string of the molecule is COCC(=O)NC[C@H]1Cn2cc(-c3ccc(C)cc3)nc2CO1. The number of amides is 1. The van der Waals surface area contributed by atoms with Gasteiger partial charge in [0.05, 0.1) is 18.3 Å². The zero-order valence-electron chi connectivity index (χ0n) is 13.4. The number of imidazole rings is 1. The summed E-state index contributed by atoms with van der Waals surface area (Å²) >= 11 is 0. The van der Waals surface area contributed by atoms with Gasteiger partial charge < -0.3 is 19.4 Å². The predicted molar refractivity (Wildman–Crippen MR) is 85.9 cm³/mol. The lowest BCUT2D eigenvalue weighted by Crippen LogP contribution is -2.39. The Hall–Kier alpha value is -2.18. The summed E-state index contributed by atoms with van der Waals surface area (Å²) in [5.74, 6) is 0.785. The Morgan fingerprint density at radius 3 is 2.96 bits per heavy atom. The van der Waals surface area contributed by atoms with Crippen LogP contribution in [0.15, 0.2) is 30.5 Å². The third-order valence-corrected chi connectivity index (χ3v) is 3.86. The number of carbonyl (C=O) groups excluding carboxylic acids is 1. The van der Waals surface area contributed by atoms with Crippen molar-refractivity contribution >= 4 is 5.91 Å². The third-order valence-electron chi connectivity index (χ3n) is 3.86. The Labute approximate surface area is 135 Å². The molecular formula is C17H21N3O3. The van der Waals surface area contributed by atoms with Gasteiger partial charge in [-0.05, 0) is 6.92 Å². The fraction of sp³-hybridized carbons (Fsp3) is 0.412. The number of aryl methyl sites for hydroxylation is 1. The number of nitrogens with one attached hydrogen (secondary N) is 1. The first-order valence-electron chi connectivity index (χ1n) is 7.66. The summed E-state index contributed by atoms with van der Waals surface area (Å²) in [4.78, 5) is 16.1. The molecule has 6 heteroatoms. The minimum atomic E-state index is -0.132. The largest absolute Gasteiger partial charge is 0.375 e. The minimum Gasteiger partial charge on any atom is -0.375 e. The Morgan fingerprint density at radius 2 is 2.22 bits per heavy atom. The first kappa shape index (κ1) is 15.7. The van der Waals surface area contributed by atoms with Gasteiger partial charge in [0.15, 0.2) is 0 Å². The van der Waals surface area contributed by atoms with Crippen molar-refractivity contribution in [1.82, 2.24) is 14.9 Å². The van der Waals surface area contributed by atoms with Gasteiger partial charge in [0.25, 0.3) is 0 Å². The molecule has 0 fully saturated rings. The average Bonchev–Trinajstić information content (AvgIpc) is 2.97. The summed E-state index contributed by atoms with van der Waals surface area (Å²) in [7, 11) is 1.50. The van der Waals surface area contributed by atoms with Gasteiger partial charge in [-0.15, -0.1) is 0 Å². The van der Waals surface area contributed by atoms with Crippen LogP contribution >= 0.6 is 0 Å². The summed E-state index contributed by atoms with van der Waals surface area (Å²) in [5.41, 5.74) is 3.28. The molecule has 0 radical (unpaired) electrons. The average molecular weight is 315 g/mol. The van der Waals surface area contributed by atoms with Crippen LogP contribution in [0.1, 0.15) is 11.4 Å². The molecule has 1 aliphatic heterocycles. The monoisotopic (exact) mass is 315 g/mol. The van der Waals surface area contributed by atoms with Crippen molar-refractivity contribution in [2.75, 3.05) is 20.3 Å². The summed E-state index contributed by atoms with van der Waals surface area (Å²) in [5, 5.41) is 2.81. The van der Waals surface area contributed by atoms with Crippen molar-refractivity contribution in [3.05, 3.63) is 41.9 Å². The summed E-state index contributed by atoms with van der Waals surface area (Å²) in [6.45, 7) is 3.75. The van der Waals surface area contributed by atoms with Crippen LogP contribution in [0.4, 0.5) is 0 Å². The number of benzene rings is 1. The first-order valence-corrected chi connectivity index (χ1v) is 7.66. The number of carbonyl (C=O) groups is 1. The topological polar surface area (TPSA) is 65.4 Å². The normalized spacial score (nSPS) is 16.9. The maximum absolute atomic E-state index is 11.4. The van der Waals surface area contributed by atoms with Gasteiger partial charge in [0.2, 0.25) is 5.91 Å². The van der Waals surface area contributed by atoms with E-state index in [4.69, 9.17) is 9.47 Å². The lowest BCUT2D eigenvalue weighted by atomic mass is 10.1. The standard InChI is InChI=1S/C17H21N3O3/c1-12-3-5-13(6-4-12)15-9-20-8-14(23-10-16(20)19-15)7-18-17(21)11-22-2/h3-6,9,14H,7-8,10-11H2,1-2H3,(H,18,21)/t14-/m0/s1. The number of aromatic nitrogens is 2. The molecule has 3 rings (SSSR count). The Balaban J connectivity index is 1.65. The third kappa shape index (κ3) is 3.78. The van der Waals surface area contributed by atoms with Crippen LogP contribution in [0.2, 0.25) is 0 Å². The van der Waals surface area contributed by atoms with E-state index in [-0.39, 0.29) is 18.6 Å². The van der Waals surface area contributed by atoms with Gasteiger partial charge in [-0.1, -0.05) is 29.8 Å². The van der Waals surface area contributed by atoms with Crippen molar-refractivity contribution in [1.29, 1.82) is 0 Å². The number of nitrogens with zero attached hydrogens (tertiary/aromatic N) is 2. The molecule has 0 saturated carbocycles. The van der Waals surface area contributed by atoms with Crippen LogP contribution in [-0.2, 0) is 27.4 Å². The van der Waals surface area contributed by atoms with Crippen molar-refractivity contribution in [2.45, 2.75) is 26.2 Å². The molecule has 122 valence electrons. The van der Waals surface area contributed by atoms with Crippen LogP contribution in [0.25, 0.3) is 11.3 Å². The van der Waals surface area contributed by atoms with E-state index in [2.05, 4.69) is 46.1 Å². The fourth-order valence-corrected chi connectivity index (χ4v) is 2.59. The lowest BCUT2D eigenvalue weighted by molar-refractivity contribution is -0.125. The van der Waals surface area contributed by atoms with Crippen LogP contribution in [0, 0.1) is 6.92 Å². The molecule has 0 saturated heterocycles. The zero-order chi connectivity index (χ0) is 16.2. The van der Waals surface area contributed by atoms with E-state index in [9.17, 15) is 4.79 Å². The van der Waals surface area contributed by atoms with Gasteiger partial charge in [-0.2, -0.15) is 0 Å². The zero-order valence-corrected chi connectivity index (χ0v) is 13.4. The van der Waals surface area contributed by atoms with Crippen LogP contribution < -0.4 is 5.32 Å². The van der Waals surface area contributed by atoms with E-state index in [1.807, 2.05) is 6.20 Å². The van der Waals surface area contributed by atoms with E-state index in [1.54, 1.807) is 0 Å². The van der Waals surface area contributed by atoms with Gasteiger partial charge in [-0.3, -0.25) is 4.79 Å². The number of ether oxygens (including phenoxy) is 2. The second-order valence-corrected chi connectivity index (χ2v) is 5.73. The molecule has 23 heavy (non-hydrogen) atoms. The lowest BCUT2D eigenvalue weighted by Gasteiger charge is -2.24. The second kappa shape index (κ2) is 6.93. The summed E-state index contributed by atoms with van der Waals surface area (Å²) in [6, 6.07) is 8.32. The quantitative estimate of drug-likeness (QED) is 0.908. The predicted octanol–water partition coefficient (Wildman–Crippen LogP) is 1.52. The van der Waals surface area contributed by atoms with Crippen molar-refractivity contribution in [3.63, 3.8) is 0 Å². The number of hydrogen-bond acceptors (Lipinski definition) is 4. The number of methoxy groups -OCH3 is 1. The van der Waals surface area contributed by atoms with Crippen molar-refractivity contribution in [2.24, 2.45) is 0 Å². The Morgan fingerprint density at radius 1 is 1.43 bits per heavy atom. The smallest absolute Gasteiger partial charge is 0.246 e. The Bertz CT molecular complexity index is 679. The molecule has 1 amide bonds. The Kier molecular flexibility index (Phi) is 4.73. The molecule has 1 aliphatic rings. The highest BCUT2D eigenvalue weighted by molar-refractivity contribution is 5.77. The highest BCUT2D eigenvalue weighted by atomic mass is 16.5. The number of rotatable bonds is 5. The van der Waals surface area contributed by atoms with Crippen LogP contribution in [-0.4, -0.2) is 41.8 Å². The number of hydrogen-bond donors (Lipinski definition) is 1. The van der Waals surface area contributed by atoms with Crippen LogP contribution in [0.5, 0.6) is 0 Å². The van der Waals surface area contributed by atoms with Crippen molar-refractivity contribution < 1.29 is 14.3 Å². The van der Waals surface area contributed by atoms with E-state index < -0.39 is 0 Å². The van der Waals surface area contributed by atoms with Gasteiger partial charge in [-0.25, -0.2) is 4.98 Å². The maximum Gasteiger partial charge on any atom is 0.246 e. The molecule has 2 heterocycles. The van der Waals surface area contributed by atoms with Gasteiger partial charge in [0, 0.05) is 25.4 Å². The highest BCUT2D eigenvalue weighted by Gasteiger charge is 2.21. The summed E-state index contributed by atoms with van der Waals surface area (Å²) in [6.07, 6.45) is 2.00. The molecule has 2 aromatic rings. The molecule has 1 N–H and O–H groups in total. The second-order valence-electron chi connectivity index (χ2n) is 5.73. The molecule has 0 spiro atoms. The molecule has 0 bridgehead atoms. The minimum absolute atomic E-state index is 0.0524. The van der Waals surface area contributed by atoms with Crippen molar-refractivity contribution in [3.8, 4) is 11.3 Å². The van der Waals surface area contributed by atoms with E-state index in [0.29, 0.717) is 19.7 Å². The van der Waals surface area contributed by atoms with Gasteiger partial charge >= 0.3 is 0 Å². The van der Waals surface area contributed by atoms with E-state index in [0.717, 1.165) is 17.1 Å². The van der Waals surface area contributed by atoms with E-state index in [1.165, 1.54) is 12.7 Å². The molecular weight excluding hydrogens is 294 g/mol. The number of fused-ring (bicyclic) bond motifs is 1.